The molecule has 2 N–H and O–H groups in total. The molecular weight excluding hydrogens is 246 g/mol. The fourth-order valence-corrected chi connectivity index (χ4v) is 3.25. The van der Waals surface area contributed by atoms with E-state index in [4.69, 9.17) is 5.73 Å². The molecule has 1 aliphatic rings. The highest BCUT2D eigenvalue weighted by molar-refractivity contribution is 5.19. The first kappa shape index (κ1) is 15.5. The van der Waals surface area contributed by atoms with Gasteiger partial charge in [0.1, 0.15) is 0 Å². The third kappa shape index (κ3) is 4.05. The molecule has 1 heterocycles. The molecule has 0 aromatic heterocycles. The second-order valence-electron chi connectivity index (χ2n) is 6.47. The van der Waals surface area contributed by atoms with Crippen LogP contribution in [0.15, 0.2) is 30.3 Å². The van der Waals surface area contributed by atoms with Crippen molar-refractivity contribution in [3.8, 4) is 0 Å². The maximum Gasteiger partial charge on any atom is 0.0333 e. The number of hydrogen-bond acceptors (Lipinski definition) is 3. The number of rotatable bonds is 6. The van der Waals surface area contributed by atoms with Gasteiger partial charge in [-0.15, -0.1) is 0 Å². The molecule has 3 atom stereocenters. The van der Waals surface area contributed by atoms with Gasteiger partial charge in [-0.2, -0.15) is 0 Å². The van der Waals surface area contributed by atoms with Crippen molar-refractivity contribution in [2.75, 3.05) is 33.7 Å². The fraction of sp³-hybridized carbons (Fsp3) is 0.647. The van der Waals surface area contributed by atoms with Crippen molar-refractivity contribution in [1.29, 1.82) is 0 Å². The Balaban J connectivity index is 1.91. The molecule has 3 nitrogen and oxygen atoms in total. The normalized spacial score (nSPS) is 23.1. The number of nitrogens with two attached hydrogens (primary N) is 1. The minimum atomic E-state index is 0.136. The van der Waals surface area contributed by atoms with Crippen molar-refractivity contribution >= 4 is 0 Å². The van der Waals surface area contributed by atoms with Gasteiger partial charge >= 0.3 is 0 Å². The number of likely N-dealkylation sites (tertiary alicyclic amines) is 1. The highest BCUT2D eigenvalue weighted by Crippen LogP contribution is 2.24. The van der Waals surface area contributed by atoms with Gasteiger partial charge < -0.3 is 10.6 Å². The van der Waals surface area contributed by atoms with Crippen molar-refractivity contribution in [2.24, 2.45) is 11.7 Å². The molecule has 0 saturated carbocycles. The maximum atomic E-state index is 6.43. The van der Waals surface area contributed by atoms with Crippen LogP contribution in [0.3, 0.4) is 0 Å². The summed E-state index contributed by atoms with van der Waals surface area (Å²) < 4.78 is 0. The van der Waals surface area contributed by atoms with E-state index in [2.05, 4.69) is 61.2 Å². The van der Waals surface area contributed by atoms with Gasteiger partial charge in [0.2, 0.25) is 0 Å². The van der Waals surface area contributed by atoms with Crippen molar-refractivity contribution in [2.45, 2.75) is 31.8 Å². The highest BCUT2D eigenvalue weighted by Gasteiger charge is 2.27. The maximum absolute atomic E-state index is 6.43. The average Bonchev–Trinajstić information content (AvgIpc) is 2.85. The third-order valence-electron chi connectivity index (χ3n) is 4.39. The summed E-state index contributed by atoms with van der Waals surface area (Å²) in [5, 5.41) is 0. The summed E-state index contributed by atoms with van der Waals surface area (Å²) in [5.74, 6) is 0.486. The van der Waals surface area contributed by atoms with Gasteiger partial charge in [0, 0.05) is 25.2 Å². The summed E-state index contributed by atoms with van der Waals surface area (Å²) in [6, 6.07) is 11.3. The Hall–Kier alpha value is -0.900. The topological polar surface area (TPSA) is 32.5 Å². The van der Waals surface area contributed by atoms with Crippen LogP contribution in [0, 0.1) is 5.92 Å². The minimum absolute atomic E-state index is 0.136. The minimum Gasteiger partial charge on any atom is -0.324 e. The molecule has 2 rings (SSSR count). The van der Waals surface area contributed by atoms with Gasteiger partial charge in [0.15, 0.2) is 0 Å². The van der Waals surface area contributed by atoms with Gasteiger partial charge in [-0.25, -0.2) is 0 Å². The molecule has 1 aromatic rings. The van der Waals surface area contributed by atoms with E-state index >= 15 is 0 Å². The second-order valence-corrected chi connectivity index (χ2v) is 6.47. The van der Waals surface area contributed by atoms with Gasteiger partial charge in [0.25, 0.3) is 0 Å². The van der Waals surface area contributed by atoms with Crippen LogP contribution < -0.4 is 5.73 Å². The molecule has 1 aromatic carbocycles. The van der Waals surface area contributed by atoms with Crippen LogP contribution >= 0.6 is 0 Å². The first-order chi connectivity index (χ1) is 9.58. The summed E-state index contributed by atoms with van der Waals surface area (Å²) in [4.78, 5) is 4.93. The van der Waals surface area contributed by atoms with Crippen LogP contribution in [0.25, 0.3) is 0 Å². The Morgan fingerprint density at radius 2 is 2.00 bits per heavy atom. The lowest BCUT2D eigenvalue weighted by Crippen LogP contribution is -2.41. The van der Waals surface area contributed by atoms with E-state index in [-0.39, 0.29) is 6.04 Å². The lowest BCUT2D eigenvalue weighted by atomic mass is 9.94. The van der Waals surface area contributed by atoms with Gasteiger partial charge in [0.05, 0.1) is 0 Å². The molecule has 1 aliphatic heterocycles. The van der Waals surface area contributed by atoms with Crippen LogP contribution in [-0.2, 0) is 0 Å². The lowest BCUT2D eigenvalue weighted by Gasteiger charge is -2.31. The molecule has 0 bridgehead atoms. The Kier molecular flexibility index (Phi) is 5.58. The first-order valence-corrected chi connectivity index (χ1v) is 7.77. The van der Waals surface area contributed by atoms with Crippen LogP contribution in [0.2, 0.25) is 0 Å². The van der Waals surface area contributed by atoms with Crippen molar-refractivity contribution in [3.63, 3.8) is 0 Å². The molecule has 20 heavy (non-hydrogen) atoms. The van der Waals surface area contributed by atoms with Crippen molar-refractivity contribution in [3.05, 3.63) is 35.9 Å². The van der Waals surface area contributed by atoms with Gasteiger partial charge in [-0.05, 0) is 45.0 Å². The Bertz CT molecular complexity index is 390. The zero-order chi connectivity index (χ0) is 14.5. The van der Waals surface area contributed by atoms with Gasteiger partial charge in [-0.3, -0.25) is 4.90 Å². The molecule has 0 radical (unpaired) electrons. The van der Waals surface area contributed by atoms with E-state index in [9.17, 15) is 0 Å². The fourth-order valence-electron chi connectivity index (χ4n) is 3.25. The van der Waals surface area contributed by atoms with Crippen LogP contribution in [0.4, 0.5) is 0 Å². The highest BCUT2D eigenvalue weighted by atomic mass is 15.2. The summed E-state index contributed by atoms with van der Waals surface area (Å²) >= 11 is 0. The number of hydrogen-bond donors (Lipinski definition) is 1. The standard InChI is InChI=1S/C17H29N3/c1-14(17(18)15-8-5-4-6-9-15)12-20-11-7-10-16(20)13-19(2)3/h4-6,8-9,14,16-17H,7,10-13,18H2,1-3H3. The SMILES string of the molecule is CC(CN1CCCC1CN(C)C)C(N)c1ccccc1. The molecule has 1 saturated heterocycles. The van der Waals surface area contributed by atoms with Crippen LogP contribution in [0.1, 0.15) is 31.4 Å². The Morgan fingerprint density at radius 3 is 2.65 bits per heavy atom. The molecule has 112 valence electrons. The van der Waals surface area contributed by atoms with E-state index < -0.39 is 0 Å². The smallest absolute Gasteiger partial charge is 0.0333 e. The zero-order valence-electron chi connectivity index (χ0n) is 13.1. The van der Waals surface area contributed by atoms with Crippen molar-refractivity contribution in [1.82, 2.24) is 9.80 Å². The Labute approximate surface area is 123 Å². The lowest BCUT2D eigenvalue weighted by molar-refractivity contribution is 0.176. The van der Waals surface area contributed by atoms with E-state index in [1.807, 2.05) is 0 Å². The largest absolute Gasteiger partial charge is 0.324 e. The summed E-state index contributed by atoms with van der Waals surface area (Å²) in [6.45, 7) is 5.77. The van der Waals surface area contributed by atoms with E-state index in [0.717, 1.165) is 13.1 Å². The molecule has 3 unspecified atom stereocenters. The zero-order valence-corrected chi connectivity index (χ0v) is 13.1. The molecule has 1 fully saturated rings. The van der Waals surface area contributed by atoms with E-state index in [0.29, 0.717) is 12.0 Å². The summed E-state index contributed by atoms with van der Waals surface area (Å²) in [6.07, 6.45) is 2.65. The van der Waals surface area contributed by atoms with Crippen LogP contribution in [-0.4, -0.2) is 49.6 Å². The Morgan fingerprint density at radius 1 is 1.30 bits per heavy atom. The molecule has 0 amide bonds. The molecule has 0 spiro atoms. The monoisotopic (exact) mass is 275 g/mol. The second kappa shape index (κ2) is 7.21. The van der Waals surface area contributed by atoms with Crippen molar-refractivity contribution < 1.29 is 0 Å². The predicted octanol–water partition coefficient (Wildman–Crippen LogP) is 2.35. The average molecular weight is 275 g/mol. The van der Waals surface area contributed by atoms with E-state index in [1.165, 1.54) is 24.9 Å². The summed E-state index contributed by atoms with van der Waals surface area (Å²) in [7, 11) is 4.32. The van der Waals surface area contributed by atoms with Gasteiger partial charge in [-0.1, -0.05) is 37.3 Å². The number of likely N-dealkylation sites (N-methyl/N-ethyl adjacent to an activating group) is 1. The molecular formula is C17H29N3. The quantitative estimate of drug-likeness (QED) is 0.865. The number of nitrogens with zero attached hydrogens (tertiary/aromatic N) is 2. The van der Waals surface area contributed by atoms with Crippen LogP contribution in [0.5, 0.6) is 0 Å². The number of benzene rings is 1. The predicted molar refractivity (Wildman–Crippen MR) is 85.7 cm³/mol. The third-order valence-corrected chi connectivity index (χ3v) is 4.39. The molecule has 0 aliphatic carbocycles. The summed E-state index contributed by atoms with van der Waals surface area (Å²) in [5.41, 5.74) is 7.68. The molecule has 3 heteroatoms. The van der Waals surface area contributed by atoms with E-state index in [1.54, 1.807) is 0 Å². The first-order valence-electron chi connectivity index (χ1n) is 7.77.